The Hall–Kier alpha value is -1.54. The molecular weight excluding hydrogens is 470 g/mol. The van der Waals surface area contributed by atoms with E-state index >= 15 is 0 Å². The standard InChI is InChI=1S/C27H39NO6.ClH/c1-5-28(6-2)15-23(32)34-16-22(31)27(33)12-10-20-19-8-7-17-13-18(29)9-11-25(17,3)24(19)21(30)14-26(20,27)4;/h9,11,13,19-21,24,30,33H,5-8,10,12,14-16H2,1-4H3;1H/t19?,20?,21-,24?,25-,26-,27-;/m0./s1. The number of allylic oxidation sites excluding steroid dienone is 4. The minimum absolute atomic E-state index is 0. The van der Waals surface area contributed by atoms with E-state index in [1.165, 1.54) is 0 Å². The molecule has 4 aliphatic rings. The number of likely N-dealkylation sites (N-methyl/N-ethyl adjacent to an activating group) is 1. The zero-order chi connectivity index (χ0) is 24.9. The lowest BCUT2D eigenvalue weighted by molar-refractivity contribution is -0.181. The maximum absolute atomic E-state index is 13.3. The van der Waals surface area contributed by atoms with Crippen LogP contribution in [0.4, 0.5) is 0 Å². The highest BCUT2D eigenvalue weighted by atomic mass is 35.5. The molecular formula is C27H40ClNO6. The molecule has 0 amide bonds. The van der Waals surface area contributed by atoms with E-state index in [9.17, 15) is 24.6 Å². The minimum Gasteiger partial charge on any atom is -0.457 e. The number of aliphatic hydroxyl groups excluding tert-OH is 1. The molecule has 3 fully saturated rings. The van der Waals surface area contributed by atoms with E-state index in [0.717, 1.165) is 18.4 Å². The second-order valence-corrected chi connectivity index (χ2v) is 11.2. The summed E-state index contributed by atoms with van der Waals surface area (Å²) in [6.07, 6.45) is 7.48. The van der Waals surface area contributed by atoms with Crippen LogP contribution in [-0.4, -0.2) is 70.6 Å². The summed E-state index contributed by atoms with van der Waals surface area (Å²) in [6, 6.07) is 0. The lowest BCUT2D eigenvalue weighted by Gasteiger charge is -2.59. The van der Waals surface area contributed by atoms with Crippen LogP contribution in [0, 0.1) is 28.6 Å². The van der Waals surface area contributed by atoms with Gasteiger partial charge in [0.05, 0.1) is 12.6 Å². The Bertz CT molecular complexity index is 929. The third-order valence-corrected chi connectivity index (χ3v) is 9.72. The molecule has 3 unspecified atom stereocenters. The average Bonchev–Trinajstić information content (AvgIpc) is 3.07. The Kier molecular flexibility index (Phi) is 8.07. The predicted molar refractivity (Wildman–Crippen MR) is 134 cm³/mol. The third-order valence-electron chi connectivity index (χ3n) is 9.72. The lowest BCUT2D eigenvalue weighted by atomic mass is 9.46. The molecule has 7 nitrogen and oxygen atoms in total. The van der Waals surface area contributed by atoms with Crippen molar-refractivity contribution in [1.82, 2.24) is 4.90 Å². The highest BCUT2D eigenvalue weighted by molar-refractivity contribution is 6.01. The second-order valence-electron chi connectivity index (χ2n) is 11.2. The number of rotatable bonds is 7. The van der Waals surface area contributed by atoms with E-state index in [1.807, 2.05) is 31.7 Å². The van der Waals surface area contributed by atoms with Gasteiger partial charge >= 0.3 is 5.97 Å². The minimum atomic E-state index is -1.63. The number of hydrogen-bond donors (Lipinski definition) is 2. The lowest BCUT2D eigenvalue weighted by Crippen LogP contribution is -2.61. The van der Waals surface area contributed by atoms with Crippen LogP contribution in [0.5, 0.6) is 0 Å². The van der Waals surface area contributed by atoms with Gasteiger partial charge in [0, 0.05) is 16.7 Å². The molecule has 4 rings (SSSR count). The first-order valence-corrected chi connectivity index (χ1v) is 12.8. The number of hydrogen-bond acceptors (Lipinski definition) is 7. The number of nitrogens with zero attached hydrogens (tertiary/aromatic N) is 1. The number of ether oxygens (including phenoxy) is 1. The normalized spacial score (nSPS) is 39.7. The fourth-order valence-corrected chi connectivity index (χ4v) is 7.73. The van der Waals surface area contributed by atoms with Gasteiger partial charge < -0.3 is 14.9 Å². The molecule has 0 bridgehead atoms. The number of carbonyl (C=O) groups excluding carboxylic acids is 3. The molecule has 8 heteroatoms. The highest BCUT2D eigenvalue weighted by Crippen LogP contribution is 2.67. The van der Waals surface area contributed by atoms with Gasteiger partial charge in [-0.3, -0.25) is 19.3 Å². The van der Waals surface area contributed by atoms with Crippen LogP contribution in [0.15, 0.2) is 23.8 Å². The molecule has 0 radical (unpaired) electrons. The second kappa shape index (κ2) is 10.1. The van der Waals surface area contributed by atoms with Crippen molar-refractivity contribution in [2.75, 3.05) is 26.2 Å². The molecule has 0 aromatic carbocycles. The number of aliphatic hydroxyl groups is 2. The predicted octanol–water partition coefficient (Wildman–Crippen LogP) is 2.87. The summed E-state index contributed by atoms with van der Waals surface area (Å²) in [5, 5.41) is 23.1. The topological polar surface area (TPSA) is 104 Å². The Morgan fingerprint density at radius 3 is 2.54 bits per heavy atom. The van der Waals surface area contributed by atoms with Crippen LogP contribution in [0.2, 0.25) is 0 Å². The van der Waals surface area contributed by atoms with Crippen LogP contribution in [0.3, 0.4) is 0 Å². The van der Waals surface area contributed by atoms with Crippen LogP contribution >= 0.6 is 12.4 Å². The number of carbonyl (C=O) groups is 3. The molecule has 35 heavy (non-hydrogen) atoms. The quantitative estimate of drug-likeness (QED) is 0.508. The van der Waals surface area contributed by atoms with Gasteiger partial charge in [0.1, 0.15) is 5.60 Å². The van der Waals surface area contributed by atoms with Crippen molar-refractivity contribution in [3.8, 4) is 0 Å². The van der Waals surface area contributed by atoms with Crippen molar-refractivity contribution in [1.29, 1.82) is 0 Å². The Balaban J connectivity index is 0.00000342. The fourth-order valence-electron chi connectivity index (χ4n) is 7.73. The van der Waals surface area contributed by atoms with E-state index < -0.39 is 35.5 Å². The SMILES string of the molecule is CCN(CC)CC(=O)OCC(=O)[C@@]1(O)CCC2C3CCC4=CC(=O)C=C[C@]4(C)C3[C@@H](O)C[C@@]21C.Cl. The van der Waals surface area contributed by atoms with Crippen molar-refractivity contribution in [2.45, 2.75) is 71.5 Å². The average molecular weight is 510 g/mol. The van der Waals surface area contributed by atoms with Crippen molar-refractivity contribution < 1.29 is 29.3 Å². The van der Waals surface area contributed by atoms with Gasteiger partial charge in [0.25, 0.3) is 0 Å². The number of ketones is 2. The summed E-state index contributed by atoms with van der Waals surface area (Å²) < 4.78 is 5.27. The van der Waals surface area contributed by atoms with Gasteiger partial charge in [-0.2, -0.15) is 0 Å². The smallest absolute Gasteiger partial charge is 0.320 e. The van der Waals surface area contributed by atoms with Gasteiger partial charge in [-0.1, -0.05) is 39.3 Å². The zero-order valence-corrected chi connectivity index (χ0v) is 22.1. The number of fused-ring (bicyclic) bond motifs is 5. The highest BCUT2D eigenvalue weighted by Gasteiger charge is 2.68. The summed E-state index contributed by atoms with van der Waals surface area (Å²) >= 11 is 0. The molecule has 0 aliphatic heterocycles. The largest absolute Gasteiger partial charge is 0.457 e. The van der Waals surface area contributed by atoms with Gasteiger partial charge in [-0.15, -0.1) is 12.4 Å². The molecule has 7 atom stereocenters. The summed E-state index contributed by atoms with van der Waals surface area (Å²) in [5.41, 5.74) is -1.73. The van der Waals surface area contributed by atoms with E-state index in [4.69, 9.17) is 4.74 Å². The Morgan fingerprint density at radius 1 is 1.20 bits per heavy atom. The van der Waals surface area contributed by atoms with Crippen molar-refractivity contribution in [2.24, 2.45) is 28.6 Å². The first-order chi connectivity index (χ1) is 16.0. The Morgan fingerprint density at radius 2 is 1.89 bits per heavy atom. The van der Waals surface area contributed by atoms with Crippen LogP contribution in [0.25, 0.3) is 0 Å². The van der Waals surface area contributed by atoms with E-state index in [-0.39, 0.29) is 47.9 Å². The van der Waals surface area contributed by atoms with Crippen LogP contribution in [-0.2, 0) is 19.1 Å². The first kappa shape index (κ1) is 28.0. The fraction of sp³-hybridized carbons (Fsp3) is 0.741. The summed E-state index contributed by atoms with van der Waals surface area (Å²) in [4.78, 5) is 39.4. The molecule has 0 spiro atoms. The molecule has 3 saturated carbocycles. The summed E-state index contributed by atoms with van der Waals surface area (Å²) in [7, 11) is 0. The number of halogens is 1. The van der Waals surface area contributed by atoms with E-state index in [0.29, 0.717) is 32.4 Å². The van der Waals surface area contributed by atoms with Crippen molar-refractivity contribution >= 4 is 29.9 Å². The number of Topliss-reactive ketones (excluding diaryl/α,β-unsaturated/α-hetero) is 1. The van der Waals surface area contributed by atoms with Crippen molar-refractivity contribution in [3.63, 3.8) is 0 Å². The van der Waals surface area contributed by atoms with Gasteiger partial charge in [-0.05, 0) is 69.2 Å². The maximum Gasteiger partial charge on any atom is 0.320 e. The summed E-state index contributed by atoms with van der Waals surface area (Å²) in [5.74, 6) is -0.785. The molecule has 0 aromatic rings. The van der Waals surface area contributed by atoms with Gasteiger partial charge in [-0.25, -0.2) is 0 Å². The molecule has 0 saturated heterocycles. The third kappa shape index (κ3) is 4.43. The van der Waals surface area contributed by atoms with Gasteiger partial charge in [0.2, 0.25) is 5.78 Å². The van der Waals surface area contributed by atoms with Gasteiger partial charge in [0.15, 0.2) is 12.4 Å². The monoisotopic (exact) mass is 509 g/mol. The number of esters is 1. The van der Waals surface area contributed by atoms with E-state index in [2.05, 4.69) is 6.92 Å². The molecule has 0 aromatic heterocycles. The molecule has 196 valence electrons. The molecule has 0 heterocycles. The molecule has 4 aliphatic carbocycles. The zero-order valence-electron chi connectivity index (χ0n) is 21.3. The maximum atomic E-state index is 13.3. The Labute approximate surface area is 214 Å². The van der Waals surface area contributed by atoms with E-state index in [1.54, 1.807) is 12.2 Å². The van der Waals surface area contributed by atoms with Crippen LogP contribution < -0.4 is 0 Å². The first-order valence-electron chi connectivity index (χ1n) is 12.8. The van der Waals surface area contributed by atoms with Crippen LogP contribution in [0.1, 0.15) is 59.8 Å². The summed E-state index contributed by atoms with van der Waals surface area (Å²) in [6.45, 7) is 9.03. The molecule has 2 N–H and O–H groups in total. The van der Waals surface area contributed by atoms with Crippen molar-refractivity contribution in [3.05, 3.63) is 23.8 Å².